The predicted octanol–water partition coefficient (Wildman–Crippen LogP) is 5.53. The topological polar surface area (TPSA) is 159 Å². The van der Waals surface area contributed by atoms with Crippen molar-refractivity contribution in [2.45, 2.75) is 84.0 Å². The fourth-order valence-corrected chi connectivity index (χ4v) is 5.87. The molecule has 1 aromatic heterocycles. The van der Waals surface area contributed by atoms with Crippen LogP contribution >= 0.6 is 0 Å². The highest BCUT2D eigenvalue weighted by Crippen LogP contribution is 2.37. The van der Waals surface area contributed by atoms with E-state index >= 15 is 0 Å². The van der Waals surface area contributed by atoms with Crippen LogP contribution in [-0.4, -0.2) is 83.1 Å². The van der Waals surface area contributed by atoms with Crippen molar-refractivity contribution in [1.82, 2.24) is 20.2 Å². The van der Waals surface area contributed by atoms with Crippen LogP contribution in [0, 0.1) is 0 Å². The van der Waals surface area contributed by atoms with Crippen molar-refractivity contribution < 1.29 is 43.0 Å². The molecule has 14 heteroatoms. The molecular formula is C34H44N4O9Si. The van der Waals surface area contributed by atoms with Crippen molar-refractivity contribution in [3.63, 3.8) is 0 Å². The molecule has 2 atom stereocenters. The second-order valence-electron chi connectivity index (χ2n) is 14.1. The summed E-state index contributed by atoms with van der Waals surface area (Å²) in [5, 5.41) is 17.4. The van der Waals surface area contributed by atoms with Gasteiger partial charge in [0.1, 0.15) is 18.0 Å². The first-order valence-electron chi connectivity index (χ1n) is 15.6. The first-order valence-corrected chi connectivity index (χ1v) is 18.5. The minimum atomic E-state index is -2.19. The first-order chi connectivity index (χ1) is 22.3. The van der Waals surface area contributed by atoms with Gasteiger partial charge in [-0.3, -0.25) is 14.3 Å². The number of rotatable bonds is 13. The van der Waals surface area contributed by atoms with Crippen LogP contribution in [0.1, 0.15) is 62.3 Å². The number of hydroxylamine groups is 2. The van der Waals surface area contributed by atoms with E-state index in [-0.39, 0.29) is 28.8 Å². The summed E-state index contributed by atoms with van der Waals surface area (Å²) in [6.45, 7) is 16.4. The predicted molar refractivity (Wildman–Crippen MR) is 179 cm³/mol. The molecule has 0 fully saturated rings. The standard InChI is InChI=1S/C34H44N4O9Si/c1-33(2,3)45-32(43)35-18-25(47-48(7,8)34(4,5)6)20-37-19-23(17-36-37)22-13-15-24(16-14-22)44-21-28(31(41)42)46-38-29(39)26-11-9-10-12-27(26)30(38)40/h9-17,19,25,28H,18,20-21H2,1-8H3,(H,35,43)(H,41,42)/t25-,28-/m0/s1. The molecule has 0 saturated heterocycles. The van der Waals surface area contributed by atoms with Crippen molar-refractivity contribution in [2.75, 3.05) is 13.2 Å². The Labute approximate surface area is 281 Å². The second kappa shape index (κ2) is 14.3. The quantitative estimate of drug-likeness (QED) is 0.174. The number of imide groups is 1. The molecule has 2 aromatic carbocycles. The van der Waals surface area contributed by atoms with Gasteiger partial charge in [-0.2, -0.15) is 5.10 Å². The third-order valence-corrected chi connectivity index (χ3v) is 12.6. The number of carboxylic acids is 1. The Morgan fingerprint density at radius 3 is 2.08 bits per heavy atom. The molecule has 2 heterocycles. The van der Waals surface area contributed by atoms with E-state index in [9.17, 15) is 24.3 Å². The number of nitrogens with one attached hydrogen (secondary N) is 1. The van der Waals surface area contributed by atoms with Crippen molar-refractivity contribution in [3.05, 3.63) is 72.1 Å². The third kappa shape index (κ3) is 9.08. The summed E-state index contributed by atoms with van der Waals surface area (Å²) in [5.74, 6) is -2.50. The normalized spacial score (nSPS) is 14.8. The lowest BCUT2D eigenvalue weighted by molar-refractivity contribution is -0.178. The number of carboxylic acid groups (broad SMARTS) is 1. The van der Waals surface area contributed by atoms with Gasteiger partial charge < -0.3 is 24.3 Å². The molecule has 0 unspecified atom stereocenters. The first kappa shape index (κ1) is 36.3. The van der Waals surface area contributed by atoms with Gasteiger partial charge in [0.2, 0.25) is 6.10 Å². The number of carbonyl (C=O) groups excluding carboxylic acids is 3. The summed E-state index contributed by atoms with van der Waals surface area (Å²) in [6, 6.07) is 13.1. The Morgan fingerprint density at radius 1 is 0.938 bits per heavy atom. The molecule has 1 aliphatic rings. The van der Waals surface area contributed by atoms with Gasteiger partial charge in [0.25, 0.3) is 11.8 Å². The fraction of sp³-hybridized carbons (Fsp3) is 0.441. The molecule has 0 bridgehead atoms. The van der Waals surface area contributed by atoms with Crippen LogP contribution in [0.4, 0.5) is 4.79 Å². The molecule has 3 amide bonds. The van der Waals surface area contributed by atoms with Gasteiger partial charge in [-0.15, -0.1) is 5.06 Å². The largest absolute Gasteiger partial charge is 0.490 e. The van der Waals surface area contributed by atoms with Gasteiger partial charge in [-0.1, -0.05) is 45.0 Å². The van der Waals surface area contributed by atoms with Gasteiger partial charge in [-0.05, 0) is 68.7 Å². The molecule has 258 valence electrons. The summed E-state index contributed by atoms with van der Waals surface area (Å²) < 4.78 is 19.5. The van der Waals surface area contributed by atoms with Gasteiger partial charge >= 0.3 is 12.1 Å². The smallest absolute Gasteiger partial charge is 0.407 e. The Kier molecular flexibility index (Phi) is 10.8. The molecule has 1 aliphatic heterocycles. The van der Waals surface area contributed by atoms with E-state index in [4.69, 9.17) is 18.7 Å². The number of amides is 3. The number of hydrogen-bond donors (Lipinski definition) is 2. The summed E-state index contributed by atoms with van der Waals surface area (Å²) >= 11 is 0. The lowest BCUT2D eigenvalue weighted by atomic mass is 10.1. The average molecular weight is 681 g/mol. The minimum absolute atomic E-state index is 0.0399. The number of hydrogen-bond acceptors (Lipinski definition) is 9. The molecular weight excluding hydrogens is 636 g/mol. The van der Waals surface area contributed by atoms with E-state index in [1.54, 1.807) is 47.3 Å². The molecule has 0 aliphatic carbocycles. The highest BCUT2D eigenvalue weighted by molar-refractivity contribution is 6.74. The zero-order valence-corrected chi connectivity index (χ0v) is 29.6. The van der Waals surface area contributed by atoms with Crippen LogP contribution < -0.4 is 10.1 Å². The zero-order valence-electron chi connectivity index (χ0n) is 28.6. The van der Waals surface area contributed by atoms with Gasteiger partial charge in [-0.25, -0.2) is 14.4 Å². The summed E-state index contributed by atoms with van der Waals surface area (Å²) in [6.07, 6.45) is 1.11. The molecule has 48 heavy (non-hydrogen) atoms. The maximum atomic E-state index is 12.6. The number of alkyl carbamates (subject to hydrolysis) is 1. The van der Waals surface area contributed by atoms with Gasteiger partial charge in [0, 0.05) is 18.3 Å². The SMILES string of the molecule is CC(C)(C)OC(=O)NC[C@@H](Cn1cc(-c2ccc(OC[C@H](ON3C(=O)c4ccccc4C3=O)C(=O)O)cc2)cn1)O[Si](C)(C)C(C)(C)C. The Morgan fingerprint density at radius 2 is 1.54 bits per heavy atom. The minimum Gasteiger partial charge on any atom is -0.490 e. The molecule has 3 aromatic rings. The molecule has 2 N–H and O–H groups in total. The average Bonchev–Trinajstić information content (AvgIpc) is 3.55. The van der Waals surface area contributed by atoms with E-state index in [0.29, 0.717) is 17.4 Å². The highest BCUT2D eigenvalue weighted by Gasteiger charge is 2.40. The molecule has 4 rings (SSSR count). The van der Waals surface area contributed by atoms with Crippen LogP contribution in [0.25, 0.3) is 11.1 Å². The Balaban J connectivity index is 1.38. The van der Waals surface area contributed by atoms with E-state index < -0.39 is 50.5 Å². The van der Waals surface area contributed by atoms with E-state index in [1.165, 1.54) is 12.1 Å². The fourth-order valence-electron chi connectivity index (χ4n) is 4.52. The number of carbonyl (C=O) groups is 4. The van der Waals surface area contributed by atoms with Crippen molar-refractivity contribution in [3.8, 4) is 16.9 Å². The van der Waals surface area contributed by atoms with Crippen molar-refractivity contribution in [2.24, 2.45) is 0 Å². The number of aromatic nitrogens is 2. The number of benzene rings is 2. The van der Waals surface area contributed by atoms with E-state index in [2.05, 4.69) is 44.3 Å². The second-order valence-corrected chi connectivity index (χ2v) is 18.8. The van der Waals surface area contributed by atoms with Crippen LogP contribution in [0.3, 0.4) is 0 Å². The van der Waals surface area contributed by atoms with Crippen LogP contribution in [-0.2, 0) is 25.3 Å². The Hall–Kier alpha value is -4.53. The summed E-state index contributed by atoms with van der Waals surface area (Å²) in [7, 11) is -2.19. The van der Waals surface area contributed by atoms with Gasteiger partial charge in [0.05, 0.1) is 30.0 Å². The van der Waals surface area contributed by atoms with Gasteiger partial charge in [0.15, 0.2) is 8.32 Å². The zero-order chi connectivity index (χ0) is 35.4. The Bertz CT molecular complexity index is 1610. The maximum Gasteiger partial charge on any atom is 0.407 e. The number of aliphatic carboxylic acids is 1. The number of ether oxygens (including phenoxy) is 2. The third-order valence-electron chi connectivity index (χ3n) is 8.02. The van der Waals surface area contributed by atoms with Crippen LogP contribution in [0.2, 0.25) is 18.1 Å². The van der Waals surface area contributed by atoms with Crippen LogP contribution in [0.15, 0.2) is 60.9 Å². The molecule has 0 saturated carbocycles. The highest BCUT2D eigenvalue weighted by atomic mass is 28.4. The number of fused-ring (bicyclic) bond motifs is 1. The van der Waals surface area contributed by atoms with Crippen molar-refractivity contribution >= 4 is 32.2 Å². The van der Waals surface area contributed by atoms with Crippen LogP contribution in [0.5, 0.6) is 5.75 Å². The van der Waals surface area contributed by atoms with Crippen molar-refractivity contribution in [1.29, 1.82) is 0 Å². The summed E-state index contributed by atoms with van der Waals surface area (Å²) in [5.41, 5.74) is 1.32. The lowest BCUT2D eigenvalue weighted by Gasteiger charge is -2.39. The molecule has 0 spiro atoms. The molecule has 13 nitrogen and oxygen atoms in total. The maximum absolute atomic E-state index is 12.6. The number of nitrogens with zero attached hydrogens (tertiary/aromatic N) is 3. The monoisotopic (exact) mass is 680 g/mol. The van der Waals surface area contributed by atoms with E-state index in [1.807, 2.05) is 27.0 Å². The van der Waals surface area contributed by atoms with E-state index in [0.717, 1.165) is 11.1 Å². The summed E-state index contributed by atoms with van der Waals surface area (Å²) in [4.78, 5) is 54.7. The lowest BCUT2D eigenvalue weighted by Crippen LogP contribution is -2.48. The molecule has 0 radical (unpaired) electrons.